The molecule has 3 nitrogen and oxygen atoms in total. The lowest BCUT2D eigenvalue weighted by Crippen LogP contribution is -2.49. The van der Waals surface area contributed by atoms with E-state index in [0.717, 1.165) is 34.1 Å². The molecule has 0 aromatic carbocycles. The van der Waals surface area contributed by atoms with Crippen molar-refractivity contribution in [2.75, 3.05) is 6.54 Å². The van der Waals surface area contributed by atoms with Crippen LogP contribution in [-0.4, -0.2) is 28.4 Å². The Morgan fingerprint density at radius 2 is 2.22 bits per heavy atom. The van der Waals surface area contributed by atoms with Crippen molar-refractivity contribution in [2.24, 2.45) is 5.73 Å². The molecule has 1 atom stereocenters. The molecular formula is C11H12Br2N2OS2. The molecule has 0 aliphatic carbocycles. The molecule has 1 aliphatic heterocycles. The fourth-order valence-corrected chi connectivity index (χ4v) is 4.30. The average molecular weight is 412 g/mol. The lowest BCUT2D eigenvalue weighted by molar-refractivity contribution is 0.0686. The topological polar surface area (TPSA) is 46.3 Å². The van der Waals surface area contributed by atoms with Crippen molar-refractivity contribution < 1.29 is 4.79 Å². The average Bonchev–Trinajstić information content (AvgIpc) is 2.68. The van der Waals surface area contributed by atoms with Crippen molar-refractivity contribution in [2.45, 2.75) is 25.3 Å². The third kappa shape index (κ3) is 2.95. The highest BCUT2D eigenvalue weighted by Crippen LogP contribution is 2.34. The van der Waals surface area contributed by atoms with E-state index in [1.54, 1.807) is 4.90 Å². The van der Waals surface area contributed by atoms with Crippen LogP contribution in [0.3, 0.4) is 0 Å². The van der Waals surface area contributed by atoms with E-state index in [1.165, 1.54) is 11.3 Å². The number of thiophene rings is 1. The Hall–Kier alpha value is 0.0200. The summed E-state index contributed by atoms with van der Waals surface area (Å²) >= 11 is 13.3. The van der Waals surface area contributed by atoms with Crippen molar-refractivity contribution in [3.05, 3.63) is 19.2 Å². The van der Waals surface area contributed by atoms with Gasteiger partial charge in [-0.3, -0.25) is 4.79 Å². The van der Waals surface area contributed by atoms with Gasteiger partial charge in [-0.15, -0.1) is 11.3 Å². The second-order valence-corrected chi connectivity index (χ2v) is 7.84. The van der Waals surface area contributed by atoms with Gasteiger partial charge in [0.25, 0.3) is 5.91 Å². The summed E-state index contributed by atoms with van der Waals surface area (Å²) in [4.78, 5) is 15.4. The van der Waals surface area contributed by atoms with Crippen LogP contribution >= 0.6 is 55.4 Å². The molecule has 0 spiro atoms. The number of hydrogen-bond donors (Lipinski definition) is 1. The van der Waals surface area contributed by atoms with Crippen LogP contribution < -0.4 is 5.73 Å². The van der Waals surface area contributed by atoms with Gasteiger partial charge >= 0.3 is 0 Å². The number of halogens is 2. The molecule has 0 bridgehead atoms. The first kappa shape index (κ1) is 14.4. The molecule has 1 saturated heterocycles. The molecule has 1 amide bonds. The van der Waals surface area contributed by atoms with Gasteiger partial charge in [0.1, 0.15) is 0 Å². The maximum absolute atomic E-state index is 12.5. The molecule has 0 saturated carbocycles. The van der Waals surface area contributed by atoms with Gasteiger partial charge in [-0.1, -0.05) is 12.2 Å². The van der Waals surface area contributed by atoms with Crippen LogP contribution in [0.5, 0.6) is 0 Å². The number of rotatable bonds is 2. The largest absolute Gasteiger partial charge is 0.392 e. The SMILES string of the molecule is NC(=S)C1CCCCN1C(=O)c1cc(Br)c(Br)s1. The van der Waals surface area contributed by atoms with E-state index in [1.807, 2.05) is 6.07 Å². The lowest BCUT2D eigenvalue weighted by Gasteiger charge is -2.34. The van der Waals surface area contributed by atoms with Crippen LogP contribution in [-0.2, 0) is 0 Å². The molecule has 1 unspecified atom stereocenters. The van der Waals surface area contributed by atoms with Crippen LogP contribution in [0, 0.1) is 0 Å². The zero-order valence-corrected chi connectivity index (χ0v) is 14.3. The van der Waals surface area contributed by atoms with Crippen molar-refractivity contribution >= 4 is 66.3 Å². The van der Waals surface area contributed by atoms with Gasteiger partial charge in [-0.05, 0) is 57.2 Å². The number of likely N-dealkylation sites (tertiary alicyclic amines) is 1. The van der Waals surface area contributed by atoms with Gasteiger partial charge in [0.05, 0.1) is 19.7 Å². The van der Waals surface area contributed by atoms with Crippen LogP contribution in [0.4, 0.5) is 0 Å². The number of carbonyl (C=O) groups excluding carboxylic acids is 1. The second-order valence-electron chi connectivity index (χ2n) is 4.14. The molecule has 1 aromatic heterocycles. The molecule has 0 radical (unpaired) electrons. The highest BCUT2D eigenvalue weighted by molar-refractivity contribution is 9.13. The summed E-state index contributed by atoms with van der Waals surface area (Å²) in [5, 5.41) is 0. The third-order valence-electron chi connectivity index (χ3n) is 2.95. The summed E-state index contributed by atoms with van der Waals surface area (Å²) in [5.74, 6) is 0.0175. The van der Waals surface area contributed by atoms with Crippen LogP contribution in [0.1, 0.15) is 28.9 Å². The van der Waals surface area contributed by atoms with Gasteiger partial charge in [-0.25, -0.2) is 0 Å². The summed E-state index contributed by atoms with van der Waals surface area (Å²) in [6, 6.07) is 1.74. The van der Waals surface area contributed by atoms with E-state index >= 15 is 0 Å². The predicted molar refractivity (Wildman–Crippen MR) is 85.2 cm³/mol. The summed E-state index contributed by atoms with van der Waals surface area (Å²) in [6.45, 7) is 0.730. The fraction of sp³-hybridized carbons (Fsp3) is 0.455. The smallest absolute Gasteiger partial charge is 0.264 e. The van der Waals surface area contributed by atoms with E-state index in [-0.39, 0.29) is 11.9 Å². The Morgan fingerprint density at radius 1 is 1.50 bits per heavy atom. The predicted octanol–water partition coefficient (Wildman–Crippen LogP) is 3.55. The van der Waals surface area contributed by atoms with E-state index < -0.39 is 0 Å². The van der Waals surface area contributed by atoms with Crippen molar-refractivity contribution in [3.63, 3.8) is 0 Å². The zero-order chi connectivity index (χ0) is 13.3. The molecule has 98 valence electrons. The molecular weight excluding hydrogens is 400 g/mol. The number of carbonyl (C=O) groups is 1. The number of hydrogen-bond acceptors (Lipinski definition) is 3. The number of amides is 1. The number of thiocarbonyl (C=S) groups is 1. The summed E-state index contributed by atoms with van der Waals surface area (Å²) in [6.07, 6.45) is 2.96. The van der Waals surface area contributed by atoms with Crippen molar-refractivity contribution in [3.8, 4) is 0 Å². The normalized spacial score (nSPS) is 19.9. The molecule has 1 aliphatic rings. The number of nitrogens with zero attached hydrogens (tertiary/aromatic N) is 1. The molecule has 2 N–H and O–H groups in total. The first-order valence-corrected chi connectivity index (χ1v) is 8.37. The minimum atomic E-state index is -0.0964. The van der Waals surface area contributed by atoms with E-state index in [4.69, 9.17) is 18.0 Å². The zero-order valence-electron chi connectivity index (χ0n) is 9.49. The minimum absolute atomic E-state index is 0.0175. The molecule has 1 aromatic rings. The van der Waals surface area contributed by atoms with Crippen LogP contribution in [0.15, 0.2) is 14.3 Å². The monoisotopic (exact) mass is 410 g/mol. The molecule has 2 heterocycles. The molecule has 7 heteroatoms. The maximum Gasteiger partial charge on any atom is 0.264 e. The Balaban J connectivity index is 2.23. The van der Waals surface area contributed by atoms with Gasteiger partial charge in [0.15, 0.2) is 0 Å². The summed E-state index contributed by atoms with van der Waals surface area (Å²) in [7, 11) is 0. The Labute approximate surface area is 132 Å². The number of nitrogens with two attached hydrogens (primary N) is 1. The van der Waals surface area contributed by atoms with Gasteiger partial charge in [0, 0.05) is 11.0 Å². The van der Waals surface area contributed by atoms with Crippen molar-refractivity contribution in [1.82, 2.24) is 4.90 Å². The summed E-state index contributed by atoms with van der Waals surface area (Å²) < 4.78 is 1.83. The first-order valence-electron chi connectivity index (χ1n) is 5.56. The minimum Gasteiger partial charge on any atom is -0.392 e. The number of piperidine rings is 1. The molecule has 2 rings (SSSR count). The van der Waals surface area contributed by atoms with E-state index in [9.17, 15) is 4.79 Å². The molecule has 1 fully saturated rings. The van der Waals surface area contributed by atoms with E-state index in [0.29, 0.717) is 9.87 Å². The Morgan fingerprint density at radius 3 is 2.78 bits per heavy atom. The lowest BCUT2D eigenvalue weighted by atomic mass is 10.0. The van der Waals surface area contributed by atoms with Crippen LogP contribution in [0.2, 0.25) is 0 Å². The fourth-order valence-electron chi connectivity index (χ4n) is 2.06. The van der Waals surface area contributed by atoms with Crippen molar-refractivity contribution in [1.29, 1.82) is 0 Å². The summed E-state index contributed by atoms with van der Waals surface area (Å²) in [5.41, 5.74) is 5.73. The molecule has 18 heavy (non-hydrogen) atoms. The second kappa shape index (κ2) is 5.98. The highest BCUT2D eigenvalue weighted by Gasteiger charge is 2.30. The standard InChI is InChI=1S/C11H12Br2N2OS2/c12-6-5-8(18-9(6)13)11(16)15-4-2-1-3-7(15)10(14)17/h5,7H,1-4H2,(H2,14,17). The van der Waals surface area contributed by atoms with Crippen LogP contribution in [0.25, 0.3) is 0 Å². The highest BCUT2D eigenvalue weighted by atomic mass is 79.9. The third-order valence-corrected chi connectivity index (χ3v) is 6.46. The maximum atomic E-state index is 12.5. The first-order chi connectivity index (χ1) is 8.50. The van der Waals surface area contributed by atoms with Gasteiger partial charge in [0.2, 0.25) is 0 Å². The quantitative estimate of drug-likeness (QED) is 0.756. The van der Waals surface area contributed by atoms with Gasteiger partial charge in [-0.2, -0.15) is 0 Å². The van der Waals surface area contributed by atoms with Gasteiger partial charge < -0.3 is 10.6 Å². The Bertz CT molecular complexity index is 470. The van der Waals surface area contributed by atoms with E-state index in [2.05, 4.69) is 31.9 Å². The Kier molecular flexibility index (Phi) is 4.80.